The van der Waals surface area contributed by atoms with Crippen molar-refractivity contribution >= 4 is 16.0 Å². The summed E-state index contributed by atoms with van der Waals surface area (Å²) in [5.41, 5.74) is -0.838. The lowest BCUT2D eigenvalue weighted by molar-refractivity contribution is -0.0659. The fourth-order valence-corrected chi connectivity index (χ4v) is 3.39. The molecule has 116 valence electrons. The van der Waals surface area contributed by atoms with E-state index in [0.29, 0.717) is 0 Å². The van der Waals surface area contributed by atoms with Gasteiger partial charge in [-0.05, 0) is 37.5 Å². The molecule has 1 fully saturated rings. The lowest BCUT2D eigenvalue weighted by Gasteiger charge is -2.40. The van der Waals surface area contributed by atoms with Crippen LogP contribution in [0.2, 0.25) is 0 Å². The van der Waals surface area contributed by atoms with Gasteiger partial charge in [-0.25, -0.2) is 22.3 Å². The summed E-state index contributed by atoms with van der Waals surface area (Å²) < 4.78 is 45.5. The first-order valence-electron chi connectivity index (χ1n) is 6.37. The Bertz CT molecular complexity index is 649. The summed E-state index contributed by atoms with van der Waals surface area (Å²) in [5.74, 6) is -2.31. The standard InChI is InChI=1S/C13H16FNO5S/c1-20-13(5-2-6-13)8-15-21(18,19)11-7-9(12(16)17)3-4-10(11)14/h3-4,7,15H,2,5-6,8H2,1H3,(H,16,17). The van der Waals surface area contributed by atoms with E-state index in [1.807, 2.05) is 0 Å². The van der Waals surface area contributed by atoms with Crippen molar-refractivity contribution < 1.29 is 27.4 Å². The number of sulfonamides is 1. The summed E-state index contributed by atoms with van der Waals surface area (Å²) in [5, 5.41) is 8.85. The molecule has 1 aromatic rings. The predicted octanol–water partition coefficient (Wildman–Crippen LogP) is 1.37. The van der Waals surface area contributed by atoms with Gasteiger partial charge in [-0.1, -0.05) is 0 Å². The molecule has 6 nitrogen and oxygen atoms in total. The number of hydrogen-bond acceptors (Lipinski definition) is 4. The molecular weight excluding hydrogens is 301 g/mol. The number of benzene rings is 1. The third kappa shape index (κ3) is 3.22. The Kier molecular flexibility index (Phi) is 4.31. The lowest BCUT2D eigenvalue weighted by atomic mass is 9.80. The van der Waals surface area contributed by atoms with Crippen LogP contribution in [0.1, 0.15) is 29.6 Å². The molecule has 1 aromatic carbocycles. The van der Waals surface area contributed by atoms with Crippen molar-refractivity contribution in [1.82, 2.24) is 4.72 Å². The Hall–Kier alpha value is -1.51. The molecule has 8 heteroatoms. The second kappa shape index (κ2) is 5.70. The van der Waals surface area contributed by atoms with Crippen molar-refractivity contribution in [1.29, 1.82) is 0 Å². The molecule has 0 heterocycles. The van der Waals surface area contributed by atoms with E-state index in [1.54, 1.807) is 0 Å². The highest BCUT2D eigenvalue weighted by molar-refractivity contribution is 7.89. The summed E-state index contributed by atoms with van der Waals surface area (Å²) in [7, 11) is -2.64. The van der Waals surface area contributed by atoms with E-state index in [4.69, 9.17) is 9.84 Å². The molecule has 1 aliphatic rings. The van der Waals surface area contributed by atoms with Gasteiger partial charge in [-0.3, -0.25) is 0 Å². The molecule has 0 amide bonds. The zero-order valence-electron chi connectivity index (χ0n) is 11.4. The SMILES string of the molecule is COC1(CNS(=O)(=O)c2cc(C(=O)O)ccc2F)CCC1. The molecule has 0 radical (unpaired) electrons. The minimum atomic E-state index is -4.13. The van der Waals surface area contributed by atoms with E-state index in [2.05, 4.69) is 4.72 Å². The maximum atomic E-state index is 13.7. The minimum absolute atomic E-state index is 0.0303. The van der Waals surface area contributed by atoms with Crippen molar-refractivity contribution in [2.75, 3.05) is 13.7 Å². The number of nitrogens with one attached hydrogen (secondary N) is 1. The van der Waals surface area contributed by atoms with Gasteiger partial charge in [0.05, 0.1) is 11.2 Å². The fraction of sp³-hybridized carbons (Fsp3) is 0.462. The average molecular weight is 317 g/mol. The maximum absolute atomic E-state index is 13.7. The van der Waals surface area contributed by atoms with Crippen LogP contribution in [-0.2, 0) is 14.8 Å². The second-order valence-electron chi connectivity index (χ2n) is 5.02. The first-order chi connectivity index (χ1) is 9.80. The van der Waals surface area contributed by atoms with Crippen LogP contribution < -0.4 is 4.72 Å². The second-order valence-corrected chi connectivity index (χ2v) is 6.75. The van der Waals surface area contributed by atoms with Crippen LogP contribution in [0, 0.1) is 5.82 Å². The molecule has 0 atom stereocenters. The first-order valence-corrected chi connectivity index (χ1v) is 7.86. The number of hydrogen-bond donors (Lipinski definition) is 2. The number of ether oxygens (including phenoxy) is 1. The molecule has 2 N–H and O–H groups in total. The predicted molar refractivity (Wildman–Crippen MR) is 72.1 cm³/mol. The number of carbonyl (C=O) groups is 1. The summed E-state index contributed by atoms with van der Waals surface area (Å²) in [6.07, 6.45) is 2.39. The van der Waals surface area contributed by atoms with Crippen LogP contribution in [0.3, 0.4) is 0 Å². The van der Waals surface area contributed by atoms with E-state index < -0.39 is 32.3 Å². The Morgan fingerprint density at radius 3 is 2.62 bits per heavy atom. The molecular formula is C13H16FNO5S. The Morgan fingerprint density at radius 1 is 1.48 bits per heavy atom. The van der Waals surface area contributed by atoms with Gasteiger partial charge in [0, 0.05) is 13.7 Å². The first kappa shape index (κ1) is 15.9. The maximum Gasteiger partial charge on any atom is 0.335 e. The van der Waals surface area contributed by atoms with Gasteiger partial charge in [0.2, 0.25) is 10.0 Å². The summed E-state index contributed by atoms with van der Waals surface area (Å²) in [6.45, 7) is 0.0303. The van der Waals surface area contributed by atoms with Gasteiger partial charge in [-0.2, -0.15) is 0 Å². The summed E-state index contributed by atoms with van der Waals surface area (Å²) in [6, 6.07) is 2.65. The third-order valence-corrected chi connectivity index (χ3v) is 5.17. The molecule has 0 aliphatic heterocycles. The van der Waals surface area contributed by atoms with Gasteiger partial charge in [0.15, 0.2) is 0 Å². The molecule has 0 saturated heterocycles. The Balaban J connectivity index is 2.23. The van der Waals surface area contributed by atoms with Crippen LogP contribution in [-0.4, -0.2) is 38.7 Å². The quantitative estimate of drug-likeness (QED) is 0.826. The van der Waals surface area contributed by atoms with Crippen LogP contribution in [0.15, 0.2) is 23.1 Å². The van der Waals surface area contributed by atoms with E-state index in [-0.39, 0.29) is 12.1 Å². The van der Waals surface area contributed by atoms with Gasteiger partial charge in [0.25, 0.3) is 0 Å². The van der Waals surface area contributed by atoms with Crippen molar-refractivity contribution in [2.24, 2.45) is 0 Å². The molecule has 0 aromatic heterocycles. The highest BCUT2D eigenvalue weighted by Gasteiger charge is 2.38. The van der Waals surface area contributed by atoms with Gasteiger partial charge >= 0.3 is 5.97 Å². The minimum Gasteiger partial charge on any atom is -0.478 e. The van der Waals surface area contributed by atoms with Crippen LogP contribution in [0.25, 0.3) is 0 Å². The summed E-state index contributed by atoms with van der Waals surface area (Å²) >= 11 is 0. The molecule has 1 aliphatic carbocycles. The molecule has 0 unspecified atom stereocenters. The third-order valence-electron chi connectivity index (χ3n) is 3.75. The molecule has 21 heavy (non-hydrogen) atoms. The van der Waals surface area contributed by atoms with Gasteiger partial charge < -0.3 is 9.84 Å². The number of methoxy groups -OCH3 is 1. The van der Waals surface area contributed by atoms with Crippen LogP contribution in [0.5, 0.6) is 0 Å². The number of carboxylic acids is 1. The monoisotopic (exact) mass is 317 g/mol. The summed E-state index contributed by atoms with van der Waals surface area (Å²) in [4.78, 5) is 10.2. The normalized spacial score (nSPS) is 17.2. The Morgan fingerprint density at radius 2 is 2.14 bits per heavy atom. The Labute approximate surface area is 122 Å². The molecule has 2 rings (SSSR count). The van der Waals surface area contributed by atoms with E-state index >= 15 is 0 Å². The van der Waals surface area contributed by atoms with Crippen molar-refractivity contribution in [3.8, 4) is 0 Å². The van der Waals surface area contributed by atoms with Crippen molar-refractivity contribution in [3.63, 3.8) is 0 Å². The number of rotatable bonds is 6. The average Bonchev–Trinajstić information content (AvgIpc) is 2.38. The molecule has 0 bridgehead atoms. The highest BCUT2D eigenvalue weighted by Crippen LogP contribution is 2.34. The zero-order valence-corrected chi connectivity index (χ0v) is 12.2. The number of halogens is 1. The zero-order chi connectivity index (χ0) is 15.7. The van der Waals surface area contributed by atoms with Crippen LogP contribution in [0.4, 0.5) is 4.39 Å². The molecule has 0 spiro atoms. The number of carboxylic acid groups (broad SMARTS) is 1. The van der Waals surface area contributed by atoms with E-state index in [9.17, 15) is 17.6 Å². The topological polar surface area (TPSA) is 92.7 Å². The van der Waals surface area contributed by atoms with E-state index in [0.717, 1.165) is 37.5 Å². The smallest absolute Gasteiger partial charge is 0.335 e. The number of aromatic carboxylic acids is 1. The van der Waals surface area contributed by atoms with Gasteiger partial charge in [0.1, 0.15) is 10.7 Å². The van der Waals surface area contributed by atoms with E-state index in [1.165, 1.54) is 7.11 Å². The van der Waals surface area contributed by atoms with Crippen molar-refractivity contribution in [3.05, 3.63) is 29.6 Å². The lowest BCUT2D eigenvalue weighted by Crippen LogP contribution is -2.49. The van der Waals surface area contributed by atoms with Gasteiger partial charge in [-0.15, -0.1) is 0 Å². The molecule has 1 saturated carbocycles. The van der Waals surface area contributed by atoms with Crippen LogP contribution >= 0.6 is 0 Å². The largest absolute Gasteiger partial charge is 0.478 e. The van der Waals surface area contributed by atoms with Crippen molar-refractivity contribution in [2.45, 2.75) is 29.8 Å². The highest BCUT2D eigenvalue weighted by atomic mass is 32.2. The fourth-order valence-electron chi connectivity index (χ4n) is 2.17.